The number of unbranched alkanes of at least 4 members (excludes halogenated alkanes) is 2. The van der Waals surface area contributed by atoms with Crippen LogP contribution in [0.3, 0.4) is 0 Å². The molecule has 2 aromatic rings. The highest BCUT2D eigenvalue weighted by Gasteiger charge is 2.31. The van der Waals surface area contributed by atoms with E-state index in [1.165, 1.54) is 30.4 Å². The van der Waals surface area contributed by atoms with Crippen molar-refractivity contribution in [1.29, 1.82) is 0 Å². The molecule has 1 aliphatic heterocycles. The summed E-state index contributed by atoms with van der Waals surface area (Å²) in [4.78, 5) is 24.6. The molecule has 0 spiro atoms. The van der Waals surface area contributed by atoms with Gasteiger partial charge in [-0.1, -0.05) is 73.5 Å². The Labute approximate surface area is 196 Å². The Kier molecular flexibility index (Phi) is 10.4. The van der Waals surface area contributed by atoms with Gasteiger partial charge in [-0.05, 0) is 49.9 Å². The molecule has 1 heterocycles. The number of carbonyl (C=O) groups excluding carboxylic acids is 2. The molecule has 1 N–H and O–H groups in total. The number of benzene rings is 2. The molecule has 6 heteroatoms. The van der Waals surface area contributed by atoms with Crippen molar-refractivity contribution in [3.8, 4) is 0 Å². The van der Waals surface area contributed by atoms with Crippen LogP contribution in [0.4, 0.5) is 0 Å². The zero-order chi connectivity index (χ0) is 23.3. The van der Waals surface area contributed by atoms with E-state index in [0.717, 1.165) is 32.4 Å². The zero-order valence-electron chi connectivity index (χ0n) is 19.3. The summed E-state index contributed by atoms with van der Waals surface area (Å²) in [5.74, 6) is -1.24. The molecule has 0 saturated carbocycles. The van der Waals surface area contributed by atoms with Gasteiger partial charge in [0.15, 0.2) is 0 Å². The monoisotopic (exact) mass is 451 g/mol. The molecule has 1 saturated heterocycles. The van der Waals surface area contributed by atoms with Crippen molar-refractivity contribution in [1.82, 2.24) is 10.2 Å². The number of carboxylic acid groups (broad SMARTS) is 1. The number of hydrogen-bond acceptors (Lipinski definition) is 5. The molecule has 0 aromatic heterocycles. The number of likely N-dealkylation sites (tertiary alicyclic amines) is 1. The van der Waals surface area contributed by atoms with Crippen molar-refractivity contribution in [2.75, 3.05) is 32.8 Å². The number of nitrogens with zero attached hydrogens (tertiary/aromatic N) is 1. The Morgan fingerprint density at radius 3 is 2.24 bits per heavy atom. The van der Waals surface area contributed by atoms with Crippen LogP contribution >= 0.6 is 0 Å². The van der Waals surface area contributed by atoms with Gasteiger partial charge in [-0.3, -0.25) is 9.69 Å². The van der Waals surface area contributed by atoms with Gasteiger partial charge in [0.25, 0.3) is 0 Å². The van der Waals surface area contributed by atoms with Crippen molar-refractivity contribution in [2.24, 2.45) is 0 Å². The van der Waals surface area contributed by atoms with Gasteiger partial charge in [-0.2, -0.15) is 0 Å². The number of aliphatic carboxylic acids is 1. The molecule has 0 bridgehead atoms. The predicted octanol–water partition coefficient (Wildman–Crippen LogP) is 2.73. The molecule has 1 fully saturated rings. The topological polar surface area (TPSA) is 81.7 Å². The molecule has 1 unspecified atom stereocenters. The minimum atomic E-state index is -1.32. The highest BCUT2D eigenvalue weighted by atomic mass is 16.5. The standard InChI is InChI=1S/C27H36N2O4/c30-25(20-33-21-26(31)32)28-17-9-3-10-18-29-19-11-8-16-24(29)27(22-12-4-1-5-13-22)23-14-6-2-7-15-23/h1-2,4-7,12-15,24,27H,3,8-11,16-21H2,(H,28,30)(H,31,32)/p-1. The van der Waals surface area contributed by atoms with Crippen LogP contribution in [-0.2, 0) is 14.3 Å². The van der Waals surface area contributed by atoms with Gasteiger partial charge >= 0.3 is 0 Å². The molecular formula is C27H35N2O4-. The van der Waals surface area contributed by atoms with Crippen molar-refractivity contribution in [3.63, 3.8) is 0 Å². The minimum absolute atomic E-state index is 0.246. The Bertz CT molecular complexity index is 804. The van der Waals surface area contributed by atoms with E-state index < -0.39 is 12.6 Å². The first kappa shape index (κ1) is 24.9. The lowest BCUT2D eigenvalue weighted by Crippen LogP contribution is -2.44. The Balaban J connectivity index is 1.49. The van der Waals surface area contributed by atoms with E-state index in [0.29, 0.717) is 18.5 Å². The first-order valence-electron chi connectivity index (χ1n) is 12.0. The van der Waals surface area contributed by atoms with Crippen LogP contribution in [0.2, 0.25) is 0 Å². The first-order valence-corrected chi connectivity index (χ1v) is 12.0. The summed E-state index contributed by atoms with van der Waals surface area (Å²) in [7, 11) is 0. The first-order chi connectivity index (χ1) is 16.1. The normalized spacial score (nSPS) is 16.6. The lowest BCUT2D eigenvalue weighted by Gasteiger charge is -2.41. The Morgan fingerprint density at radius 2 is 1.61 bits per heavy atom. The minimum Gasteiger partial charge on any atom is -0.548 e. The van der Waals surface area contributed by atoms with Gasteiger partial charge in [0.2, 0.25) is 5.91 Å². The SMILES string of the molecule is O=C([O-])COCC(=O)NCCCCCN1CCCCC1C(c1ccccc1)c1ccccc1. The fourth-order valence-electron chi connectivity index (χ4n) is 4.75. The fraction of sp³-hybridized carbons (Fsp3) is 0.481. The maximum Gasteiger partial charge on any atom is 0.246 e. The molecule has 3 rings (SSSR count). The number of rotatable bonds is 13. The van der Waals surface area contributed by atoms with Crippen LogP contribution in [0.1, 0.15) is 55.6 Å². The van der Waals surface area contributed by atoms with Gasteiger partial charge in [-0.15, -0.1) is 0 Å². The second-order valence-corrected chi connectivity index (χ2v) is 8.67. The number of carbonyl (C=O) groups is 2. The van der Waals surface area contributed by atoms with E-state index in [1.54, 1.807) is 0 Å². The third kappa shape index (κ3) is 8.30. The van der Waals surface area contributed by atoms with E-state index in [9.17, 15) is 14.7 Å². The molecule has 0 radical (unpaired) electrons. The maximum atomic E-state index is 11.6. The molecule has 2 aromatic carbocycles. The summed E-state index contributed by atoms with van der Waals surface area (Å²) >= 11 is 0. The average molecular weight is 452 g/mol. The van der Waals surface area contributed by atoms with E-state index in [4.69, 9.17) is 4.74 Å². The molecule has 33 heavy (non-hydrogen) atoms. The maximum absolute atomic E-state index is 11.6. The Morgan fingerprint density at radius 1 is 0.939 bits per heavy atom. The van der Waals surface area contributed by atoms with Crippen LogP contribution in [0.25, 0.3) is 0 Å². The van der Waals surface area contributed by atoms with Gasteiger partial charge < -0.3 is 20.0 Å². The summed E-state index contributed by atoms with van der Waals surface area (Å²) in [6.07, 6.45) is 6.73. The summed E-state index contributed by atoms with van der Waals surface area (Å²) in [5, 5.41) is 13.1. The summed E-state index contributed by atoms with van der Waals surface area (Å²) in [6, 6.07) is 22.2. The highest BCUT2D eigenvalue weighted by Crippen LogP contribution is 2.35. The van der Waals surface area contributed by atoms with Gasteiger partial charge in [-0.25, -0.2) is 0 Å². The Hall–Kier alpha value is -2.70. The van der Waals surface area contributed by atoms with E-state index in [2.05, 4.69) is 70.9 Å². The number of hydrogen-bond donors (Lipinski definition) is 1. The lowest BCUT2D eigenvalue weighted by atomic mass is 9.80. The van der Waals surface area contributed by atoms with E-state index in [1.807, 2.05) is 0 Å². The number of nitrogens with one attached hydrogen (secondary N) is 1. The highest BCUT2D eigenvalue weighted by molar-refractivity contribution is 5.77. The van der Waals surface area contributed by atoms with Gasteiger partial charge in [0.05, 0.1) is 12.6 Å². The number of ether oxygens (including phenoxy) is 1. The van der Waals surface area contributed by atoms with Crippen LogP contribution in [0, 0.1) is 0 Å². The van der Waals surface area contributed by atoms with Gasteiger partial charge in [0.1, 0.15) is 6.61 Å². The smallest absolute Gasteiger partial charge is 0.246 e. The molecule has 6 nitrogen and oxygen atoms in total. The van der Waals surface area contributed by atoms with E-state index >= 15 is 0 Å². The molecule has 178 valence electrons. The predicted molar refractivity (Wildman–Crippen MR) is 127 cm³/mol. The molecule has 1 aliphatic rings. The summed E-state index contributed by atoms with van der Waals surface area (Å²) in [6.45, 7) is 1.96. The van der Waals surface area contributed by atoms with Crippen LogP contribution in [-0.4, -0.2) is 55.7 Å². The van der Waals surface area contributed by atoms with Crippen molar-refractivity contribution >= 4 is 11.9 Å². The molecule has 0 aliphatic carbocycles. The second-order valence-electron chi connectivity index (χ2n) is 8.67. The van der Waals surface area contributed by atoms with Crippen molar-refractivity contribution < 1.29 is 19.4 Å². The zero-order valence-corrected chi connectivity index (χ0v) is 19.3. The van der Waals surface area contributed by atoms with Gasteiger partial charge in [0, 0.05) is 18.5 Å². The summed E-state index contributed by atoms with van der Waals surface area (Å²) < 4.78 is 4.74. The quantitative estimate of drug-likeness (QED) is 0.474. The number of amides is 1. The number of carboxylic acids is 1. The van der Waals surface area contributed by atoms with Crippen LogP contribution < -0.4 is 10.4 Å². The molecular weight excluding hydrogens is 416 g/mol. The van der Waals surface area contributed by atoms with Crippen molar-refractivity contribution in [2.45, 2.75) is 50.5 Å². The van der Waals surface area contributed by atoms with Crippen LogP contribution in [0.15, 0.2) is 60.7 Å². The molecule has 1 atom stereocenters. The summed E-state index contributed by atoms with van der Waals surface area (Å²) in [5.41, 5.74) is 2.76. The lowest BCUT2D eigenvalue weighted by molar-refractivity contribution is -0.309. The third-order valence-electron chi connectivity index (χ3n) is 6.26. The average Bonchev–Trinajstić information content (AvgIpc) is 2.83. The van der Waals surface area contributed by atoms with E-state index in [-0.39, 0.29) is 12.5 Å². The third-order valence-corrected chi connectivity index (χ3v) is 6.26. The molecule has 1 amide bonds. The second kappa shape index (κ2) is 13.8. The number of piperidine rings is 1. The fourth-order valence-corrected chi connectivity index (χ4v) is 4.75. The van der Waals surface area contributed by atoms with Crippen molar-refractivity contribution in [3.05, 3.63) is 71.8 Å². The van der Waals surface area contributed by atoms with Crippen LogP contribution in [0.5, 0.6) is 0 Å². The largest absolute Gasteiger partial charge is 0.548 e.